The van der Waals surface area contributed by atoms with Crippen LogP contribution in [-0.4, -0.2) is 8.42 Å². The maximum atomic E-state index is 13.1. The molecule has 0 aliphatic rings. The van der Waals surface area contributed by atoms with Gasteiger partial charge in [-0.15, -0.1) is 0 Å². The Morgan fingerprint density at radius 1 is 1.00 bits per heavy atom. The molecule has 0 saturated heterocycles. The van der Waals surface area contributed by atoms with Gasteiger partial charge in [-0.25, -0.2) is 17.2 Å². The molecule has 0 heterocycles. The zero-order valence-corrected chi connectivity index (χ0v) is 12.0. The fourth-order valence-corrected chi connectivity index (χ4v) is 3.34. The number of benzene rings is 2. The molecular weight excluding hydrogens is 338 g/mol. The van der Waals surface area contributed by atoms with Gasteiger partial charge >= 0.3 is 0 Å². The van der Waals surface area contributed by atoms with Crippen LogP contribution in [0.5, 0.6) is 0 Å². The summed E-state index contributed by atoms with van der Waals surface area (Å²) >= 11 is 3.00. The van der Waals surface area contributed by atoms with Crippen LogP contribution in [0.1, 0.15) is 5.56 Å². The third kappa shape index (κ3) is 3.39. The third-order valence-corrected chi connectivity index (χ3v) is 4.82. The van der Waals surface area contributed by atoms with Gasteiger partial charge in [-0.3, -0.25) is 0 Å². The molecule has 19 heavy (non-hydrogen) atoms. The van der Waals surface area contributed by atoms with E-state index in [1.807, 2.05) is 0 Å². The Morgan fingerprint density at radius 2 is 1.63 bits per heavy atom. The van der Waals surface area contributed by atoms with E-state index in [0.29, 0.717) is 5.56 Å². The first kappa shape index (κ1) is 14.1. The van der Waals surface area contributed by atoms with E-state index in [-0.39, 0.29) is 15.1 Å². The molecule has 2 nitrogen and oxygen atoms in total. The van der Waals surface area contributed by atoms with Crippen LogP contribution < -0.4 is 0 Å². The second kappa shape index (κ2) is 5.38. The number of halogens is 3. The molecule has 0 saturated carbocycles. The highest BCUT2D eigenvalue weighted by Crippen LogP contribution is 2.21. The Hall–Kier alpha value is -1.27. The molecule has 0 N–H and O–H groups in total. The van der Waals surface area contributed by atoms with E-state index in [9.17, 15) is 17.2 Å². The molecule has 0 aromatic heterocycles. The van der Waals surface area contributed by atoms with Crippen LogP contribution in [-0.2, 0) is 15.6 Å². The van der Waals surface area contributed by atoms with E-state index in [0.717, 1.165) is 12.1 Å². The third-order valence-electron chi connectivity index (χ3n) is 2.51. The van der Waals surface area contributed by atoms with Crippen molar-refractivity contribution in [3.05, 3.63) is 64.1 Å². The summed E-state index contributed by atoms with van der Waals surface area (Å²) in [4.78, 5) is 0.0364. The van der Waals surface area contributed by atoms with Crippen molar-refractivity contribution >= 4 is 25.8 Å². The summed E-state index contributed by atoms with van der Waals surface area (Å²) in [6.07, 6.45) is 0. The molecule has 2 rings (SSSR count). The Kier molecular flexibility index (Phi) is 4.01. The predicted octanol–water partition coefficient (Wildman–Crippen LogP) is 3.70. The van der Waals surface area contributed by atoms with Crippen LogP contribution in [0.3, 0.4) is 0 Å². The molecule has 100 valence electrons. The van der Waals surface area contributed by atoms with Gasteiger partial charge in [0.25, 0.3) is 0 Å². The normalized spacial score (nSPS) is 11.5. The molecule has 0 fully saturated rings. The Balaban J connectivity index is 2.30. The van der Waals surface area contributed by atoms with E-state index in [1.54, 1.807) is 0 Å². The van der Waals surface area contributed by atoms with Crippen molar-refractivity contribution < 1.29 is 17.2 Å². The molecule has 2 aromatic rings. The van der Waals surface area contributed by atoms with Gasteiger partial charge in [-0.05, 0) is 57.9 Å². The van der Waals surface area contributed by atoms with Gasteiger partial charge in [0, 0.05) is 0 Å². The van der Waals surface area contributed by atoms with Crippen molar-refractivity contribution in [2.75, 3.05) is 0 Å². The van der Waals surface area contributed by atoms with E-state index in [2.05, 4.69) is 15.9 Å². The molecule has 6 heteroatoms. The minimum atomic E-state index is -3.57. The van der Waals surface area contributed by atoms with Gasteiger partial charge in [-0.2, -0.15) is 0 Å². The number of sulfone groups is 1. The van der Waals surface area contributed by atoms with Gasteiger partial charge in [0.15, 0.2) is 9.84 Å². The molecule has 0 aliphatic carbocycles. The van der Waals surface area contributed by atoms with E-state index in [1.165, 1.54) is 30.3 Å². The fourth-order valence-electron chi connectivity index (χ4n) is 1.57. The van der Waals surface area contributed by atoms with E-state index in [4.69, 9.17) is 0 Å². The van der Waals surface area contributed by atoms with E-state index < -0.39 is 21.5 Å². The van der Waals surface area contributed by atoms with Crippen molar-refractivity contribution in [2.24, 2.45) is 0 Å². The van der Waals surface area contributed by atoms with Gasteiger partial charge < -0.3 is 0 Å². The van der Waals surface area contributed by atoms with Crippen molar-refractivity contribution in [2.45, 2.75) is 10.6 Å². The lowest BCUT2D eigenvalue weighted by Gasteiger charge is -2.05. The minimum absolute atomic E-state index is 0.0364. The summed E-state index contributed by atoms with van der Waals surface area (Å²) in [6.45, 7) is 0. The summed E-state index contributed by atoms with van der Waals surface area (Å²) in [5.74, 6) is -1.22. The Bertz CT molecular complexity index is 697. The molecule has 2 aromatic carbocycles. The predicted molar refractivity (Wildman–Crippen MR) is 71.4 cm³/mol. The number of rotatable bonds is 3. The van der Waals surface area contributed by atoms with Crippen LogP contribution in [0.15, 0.2) is 51.8 Å². The molecule has 0 bridgehead atoms. The summed E-state index contributed by atoms with van der Waals surface area (Å²) < 4.78 is 50.2. The fraction of sp³-hybridized carbons (Fsp3) is 0.0769. The van der Waals surface area contributed by atoms with Crippen molar-refractivity contribution in [3.63, 3.8) is 0 Å². The quantitative estimate of drug-likeness (QED) is 0.794. The SMILES string of the molecule is O=S(=O)(Cc1ccc(F)c(Br)c1)c1ccc(F)cc1. The lowest BCUT2D eigenvalue weighted by Crippen LogP contribution is -2.05. The highest BCUT2D eigenvalue weighted by molar-refractivity contribution is 9.10. The average molecular weight is 347 g/mol. The van der Waals surface area contributed by atoms with Crippen LogP contribution in [0.4, 0.5) is 8.78 Å². The highest BCUT2D eigenvalue weighted by Gasteiger charge is 2.16. The van der Waals surface area contributed by atoms with E-state index >= 15 is 0 Å². The van der Waals surface area contributed by atoms with Gasteiger partial charge in [0.1, 0.15) is 11.6 Å². The second-order valence-corrected chi connectivity index (χ2v) is 6.81. The van der Waals surface area contributed by atoms with Crippen LogP contribution in [0.25, 0.3) is 0 Å². The maximum Gasteiger partial charge on any atom is 0.182 e. The zero-order valence-electron chi connectivity index (χ0n) is 9.61. The zero-order chi connectivity index (χ0) is 14.0. The first-order valence-electron chi connectivity index (χ1n) is 5.31. The van der Waals surface area contributed by atoms with Crippen LogP contribution in [0.2, 0.25) is 0 Å². The molecule has 0 unspecified atom stereocenters. The standard InChI is InChI=1S/C13H9BrF2O2S/c14-12-7-9(1-6-13(12)16)8-19(17,18)11-4-2-10(15)3-5-11/h1-7H,8H2. The van der Waals surface area contributed by atoms with Gasteiger partial charge in [-0.1, -0.05) is 6.07 Å². The minimum Gasteiger partial charge on any atom is -0.223 e. The molecule has 0 atom stereocenters. The first-order chi connectivity index (χ1) is 8.88. The lowest BCUT2D eigenvalue weighted by molar-refractivity contribution is 0.593. The maximum absolute atomic E-state index is 13.1. The first-order valence-corrected chi connectivity index (χ1v) is 7.75. The van der Waals surface area contributed by atoms with Crippen molar-refractivity contribution in [1.29, 1.82) is 0 Å². The molecule has 0 radical (unpaired) electrons. The van der Waals surface area contributed by atoms with Crippen molar-refractivity contribution in [3.8, 4) is 0 Å². The summed E-state index contributed by atoms with van der Waals surface area (Å²) in [5, 5.41) is 0. The second-order valence-electron chi connectivity index (χ2n) is 3.96. The summed E-state index contributed by atoms with van der Waals surface area (Å²) in [5.41, 5.74) is 0.456. The van der Waals surface area contributed by atoms with Crippen LogP contribution >= 0.6 is 15.9 Å². The molecule has 0 aliphatic heterocycles. The molecule has 0 amide bonds. The molecule has 0 spiro atoms. The lowest BCUT2D eigenvalue weighted by atomic mass is 10.2. The average Bonchev–Trinajstić information content (AvgIpc) is 2.34. The highest BCUT2D eigenvalue weighted by atomic mass is 79.9. The summed E-state index contributed by atoms with van der Waals surface area (Å²) in [7, 11) is -3.57. The van der Waals surface area contributed by atoms with Gasteiger partial charge in [0.05, 0.1) is 15.1 Å². The van der Waals surface area contributed by atoms with Crippen molar-refractivity contribution in [1.82, 2.24) is 0 Å². The van der Waals surface area contributed by atoms with Crippen LogP contribution in [0, 0.1) is 11.6 Å². The van der Waals surface area contributed by atoms with Gasteiger partial charge in [0.2, 0.25) is 0 Å². The number of hydrogen-bond donors (Lipinski definition) is 0. The summed E-state index contributed by atoms with van der Waals surface area (Å²) in [6, 6.07) is 8.62. The largest absolute Gasteiger partial charge is 0.223 e. The smallest absolute Gasteiger partial charge is 0.182 e. The molecular formula is C13H9BrF2O2S. The monoisotopic (exact) mass is 346 g/mol. The Morgan fingerprint density at radius 3 is 2.21 bits per heavy atom. The Labute approximate surface area is 118 Å². The topological polar surface area (TPSA) is 34.1 Å². The number of hydrogen-bond acceptors (Lipinski definition) is 2.